The maximum absolute atomic E-state index is 11.9. The van der Waals surface area contributed by atoms with Crippen LogP contribution in [0.4, 0.5) is 23.0 Å². The van der Waals surface area contributed by atoms with Gasteiger partial charge in [-0.1, -0.05) is 5.10 Å². The Morgan fingerprint density at radius 1 is 0.696 bits per heavy atom. The second-order valence-electron chi connectivity index (χ2n) is 10.5. The molecule has 0 spiro atoms. The second kappa shape index (κ2) is 18.8. The normalized spacial score (nSPS) is 10.1. The molecule has 4 rings (SSSR count). The Morgan fingerprint density at radius 3 is 1.46 bits per heavy atom. The molecular formula is C33H41N9O4. The van der Waals surface area contributed by atoms with E-state index in [0.29, 0.717) is 17.4 Å². The molecule has 0 aliphatic rings. The van der Waals surface area contributed by atoms with Crippen LogP contribution in [0.2, 0.25) is 0 Å². The van der Waals surface area contributed by atoms with Crippen LogP contribution in [0.15, 0.2) is 77.9 Å². The van der Waals surface area contributed by atoms with Crippen molar-refractivity contribution in [2.75, 3.05) is 62.4 Å². The number of nitrogens with one attached hydrogen (secondary N) is 2. The number of hydrogen-bond donors (Lipinski definition) is 2. The Morgan fingerprint density at radius 2 is 1.11 bits per heavy atom. The van der Waals surface area contributed by atoms with Gasteiger partial charge in [0.2, 0.25) is 0 Å². The molecule has 0 radical (unpaired) electrons. The maximum Gasteiger partial charge on any atom is 0.283 e. The zero-order chi connectivity index (χ0) is 34.1. The number of ketones is 3. The monoisotopic (exact) mass is 627 g/mol. The van der Waals surface area contributed by atoms with Crippen molar-refractivity contribution in [3.63, 3.8) is 0 Å². The van der Waals surface area contributed by atoms with E-state index in [-0.39, 0.29) is 36.1 Å². The van der Waals surface area contributed by atoms with Crippen LogP contribution in [0, 0.1) is 0 Å². The van der Waals surface area contributed by atoms with Crippen molar-refractivity contribution in [2.45, 2.75) is 19.8 Å². The molecule has 0 saturated carbocycles. The van der Waals surface area contributed by atoms with Crippen LogP contribution in [-0.4, -0.2) is 92.8 Å². The molecule has 3 aromatic carbocycles. The number of carbonyl (C=O) groups is 4. The van der Waals surface area contributed by atoms with Crippen LogP contribution in [0.5, 0.6) is 0 Å². The van der Waals surface area contributed by atoms with E-state index in [1.807, 2.05) is 106 Å². The lowest BCUT2D eigenvalue weighted by atomic mass is 10.1. The van der Waals surface area contributed by atoms with Gasteiger partial charge in [0.15, 0.2) is 17.3 Å². The molecule has 0 aliphatic heterocycles. The van der Waals surface area contributed by atoms with Crippen LogP contribution >= 0.6 is 0 Å². The highest BCUT2D eigenvalue weighted by molar-refractivity contribution is 6.04. The molecule has 13 heteroatoms. The van der Waals surface area contributed by atoms with Gasteiger partial charge in [-0.2, -0.15) is 10.3 Å². The van der Waals surface area contributed by atoms with Crippen LogP contribution in [-0.2, 0) is 4.79 Å². The third-order valence-corrected chi connectivity index (χ3v) is 6.35. The van der Waals surface area contributed by atoms with Crippen molar-refractivity contribution < 1.29 is 19.2 Å². The van der Waals surface area contributed by atoms with Crippen LogP contribution in [0.25, 0.3) is 0 Å². The number of H-pyrrole nitrogens is 1. The number of hydrazone groups is 1. The van der Waals surface area contributed by atoms with E-state index in [1.165, 1.54) is 6.21 Å². The smallest absolute Gasteiger partial charge is 0.283 e. The van der Waals surface area contributed by atoms with E-state index < -0.39 is 0 Å². The molecule has 0 unspecified atom stereocenters. The largest absolute Gasteiger partial charge is 0.378 e. The topological polar surface area (TPSA) is 157 Å². The van der Waals surface area contributed by atoms with E-state index in [0.717, 1.165) is 22.6 Å². The first kappa shape index (κ1) is 36.5. The van der Waals surface area contributed by atoms with Gasteiger partial charge in [-0.15, -0.1) is 5.10 Å². The summed E-state index contributed by atoms with van der Waals surface area (Å²) < 4.78 is 0. The molecule has 0 amide bonds. The van der Waals surface area contributed by atoms with Crippen LogP contribution in [0.1, 0.15) is 50.8 Å². The zero-order valence-corrected chi connectivity index (χ0v) is 27.3. The number of aromatic amines is 1. The standard InChI is InChI=1S/C12H15N7O.C11H13NO2.C10H13NO/c1-19(2)10-5-3-9(4-6-10)11(20)7-8-13-14-12-15-17-18-16-12;1-12(2)10-5-3-9(4-6-10)11(14)7-8-13;1-8(12)9-4-6-10(7-5-9)11(2)3/h3-6,8H,7H2,1-2H3,(H2,14,15,16,17,18);3-6,8H,7H2,1-2H3;4-7H,1-3H3/b13-8+;;. The fraction of sp³-hybridized carbons (Fsp3) is 0.273. The number of benzene rings is 3. The summed E-state index contributed by atoms with van der Waals surface area (Å²) in [5, 5.41) is 16.8. The Balaban J connectivity index is 0.000000250. The Bertz CT molecular complexity index is 1550. The van der Waals surface area contributed by atoms with Gasteiger partial charge in [-0.25, -0.2) is 5.43 Å². The van der Waals surface area contributed by atoms with Crippen LogP contribution < -0.4 is 20.1 Å². The summed E-state index contributed by atoms with van der Waals surface area (Å²) in [4.78, 5) is 50.2. The number of rotatable bonds is 12. The average molecular weight is 628 g/mol. The van der Waals surface area contributed by atoms with Crippen molar-refractivity contribution in [2.24, 2.45) is 5.10 Å². The lowest BCUT2D eigenvalue weighted by Gasteiger charge is -2.12. The summed E-state index contributed by atoms with van der Waals surface area (Å²) in [7, 11) is 11.7. The molecule has 46 heavy (non-hydrogen) atoms. The lowest BCUT2D eigenvalue weighted by Crippen LogP contribution is -2.09. The van der Waals surface area contributed by atoms with Gasteiger partial charge in [-0.3, -0.25) is 14.4 Å². The van der Waals surface area contributed by atoms with Gasteiger partial charge in [0.1, 0.15) is 6.29 Å². The Labute approximate surface area is 269 Å². The molecule has 1 heterocycles. The van der Waals surface area contributed by atoms with Crippen LogP contribution in [0.3, 0.4) is 0 Å². The molecule has 0 fully saturated rings. The molecule has 2 N–H and O–H groups in total. The number of tetrazole rings is 1. The molecule has 0 bridgehead atoms. The van der Waals surface area contributed by atoms with Gasteiger partial charge in [0.25, 0.3) is 5.95 Å². The van der Waals surface area contributed by atoms with Crippen molar-refractivity contribution >= 4 is 52.9 Å². The predicted octanol–water partition coefficient (Wildman–Crippen LogP) is 4.42. The van der Waals surface area contributed by atoms with E-state index in [9.17, 15) is 19.2 Å². The SMILES string of the molecule is CC(=O)c1ccc(N(C)C)cc1.CN(C)c1ccc(C(=O)C/C=N/Nc2nn[nH]n2)cc1.CN(C)c1ccc(C(=O)CC=O)cc1. The lowest BCUT2D eigenvalue weighted by molar-refractivity contribution is -0.107. The van der Waals surface area contributed by atoms with E-state index >= 15 is 0 Å². The molecule has 4 aromatic rings. The third-order valence-electron chi connectivity index (χ3n) is 6.35. The van der Waals surface area contributed by atoms with Gasteiger partial charge in [0, 0.05) is 88.7 Å². The summed E-state index contributed by atoms with van der Waals surface area (Å²) in [5.74, 6) is 0.226. The Hall–Kier alpha value is -5.72. The molecule has 0 saturated heterocycles. The molecular weight excluding hydrogens is 586 g/mol. The fourth-order valence-electron chi connectivity index (χ4n) is 3.64. The highest BCUT2D eigenvalue weighted by Gasteiger charge is 2.06. The van der Waals surface area contributed by atoms with E-state index in [4.69, 9.17) is 0 Å². The minimum absolute atomic E-state index is 0.00559. The number of aldehydes is 1. The summed E-state index contributed by atoms with van der Waals surface area (Å²) >= 11 is 0. The quantitative estimate of drug-likeness (QED) is 0.0754. The van der Waals surface area contributed by atoms with Gasteiger partial charge in [-0.05, 0) is 84.9 Å². The predicted molar refractivity (Wildman–Crippen MR) is 183 cm³/mol. The number of nitrogens with zero attached hydrogens (tertiary/aromatic N) is 7. The van der Waals surface area contributed by atoms with Gasteiger partial charge in [0.05, 0.1) is 6.42 Å². The number of anilines is 4. The number of hydrogen-bond acceptors (Lipinski definition) is 12. The minimum Gasteiger partial charge on any atom is -0.378 e. The zero-order valence-electron chi connectivity index (χ0n) is 27.3. The highest BCUT2D eigenvalue weighted by atomic mass is 16.1. The average Bonchev–Trinajstić information content (AvgIpc) is 3.57. The fourth-order valence-corrected chi connectivity index (χ4v) is 3.64. The van der Waals surface area contributed by atoms with Crippen molar-refractivity contribution in [1.82, 2.24) is 20.6 Å². The third kappa shape index (κ3) is 12.5. The first-order valence-electron chi connectivity index (χ1n) is 14.3. The number of Topliss-reactive ketones (excluding diaryl/α,β-unsaturated/α-hetero) is 3. The molecule has 242 valence electrons. The maximum atomic E-state index is 11.9. The summed E-state index contributed by atoms with van der Waals surface area (Å²) in [6, 6.07) is 22.2. The molecule has 0 atom stereocenters. The molecule has 0 aliphatic carbocycles. The minimum atomic E-state index is -0.134. The number of carbonyl (C=O) groups excluding carboxylic acids is 4. The summed E-state index contributed by atoms with van der Waals surface area (Å²) in [6.07, 6.45) is 2.26. The Kier molecular flexibility index (Phi) is 14.9. The van der Waals surface area contributed by atoms with Crippen molar-refractivity contribution in [1.29, 1.82) is 0 Å². The summed E-state index contributed by atoms with van der Waals surface area (Å²) in [6.45, 7) is 1.57. The summed E-state index contributed by atoms with van der Waals surface area (Å²) in [5.41, 5.74) is 7.75. The second-order valence-corrected chi connectivity index (χ2v) is 10.5. The molecule has 1 aromatic heterocycles. The van der Waals surface area contributed by atoms with E-state index in [1.54, 1.807) is 31.2 Å². The van der Waals surface area contributed by atoms with E-state index in [2.05, 4.69) is 31.2 Å². The first-order valence-corrected chi connectivity index (χ1v) is 14.3. The van der Waals surface area contributed by atoms with Crippen molar-refractivity contribution in [3.05, 3.63) is 89.5 Å². The molecule has 13 nitrogen and oxygen atoms in total. The number of aromatic nitrogens is 4. The van der Waals surface area contributed by atoms with Crippen molar-refractivity contribution in [3.8, 4) is 0 Å². The van der Waals surface area contributed by atoms with Gasteiger partial charge < -0.3 is 19.5 Å². The van der Waals surface area contributed by atoms with Gasteiger partial charge >= 0.3 is 0 Å². The highest BCUT2D eigenvalue weighted by Crippen LogP contribution is 2.14. The first-order chi connectivity index (χ1) is 21.9.